The van der Waals surface area contributed by atoms with E-state index in [-0.39, 0.29) is 39.1 Å². The topological polar surface area (TPSA) is 120 Å². The first kappa shape index (κ1) is 18.9. The number of ether oxygens (including phenoxy) is 2. The lowest BCUT2D eigenvalue weighted by Gasteiger charge is -2.34. The summed E-state index contributed by atoms with van der Waals surface area (Å²) in [5.74, 6) is 0. The fourth-order valence-corrected chi connectivity index (χ4v) is 2.42. The Bertz CT molecular complexity index is 275. The highest BCUT2D eigenvalue weighted by atomic mass is 31.2. The minimum atomic E-state index is -4.52. The molecule has 0 bridgehead atoms. The Labute approximate surface area is 113 Å². The first-order valence-electron chi connectivity index (χ1n) is 5.91. The van der Waals surface area contributed by atoms with Crippen LogP contribution in [0.15, 0.2) is 0 Å². The summed E-state index contributed by atoms with van der Waals surface area (Å²) in [6.45, 7) is -0.366. The van der Waals surface area contributed by atoms with E-state index >= 15 is 0 Å². The Morgan fingerprint density at radius 3 is 1.95 bits per heavy atom. The van der Waals surface area contributed by atoms with E-state index in [1.54, 1.807) is 0 Å². The third kappa shape index (κ3) is 7.96. The Morgan fingerprint density at radius 1 is 1.16 bits per heavy atom. The smallest absolute Gasteiger partial charge is 0.395 e. The van der Waals surface area contributed by atoms with E-state index in [2.05, 4.69) is 0 Å². The van der Waals surface area contributed by atoms with Crippen molar-refractivity contribution in [3.05, 3.63) is 0 Å². The van der Waals surface area contributed by atoms with Gasteiger partial charge in [-0.05, 0) is 0 Å². The van der Waals surface area contributed by atoms with Gasteiger partial charge in [-0.1, -0.05) is 0 Å². The molecule has 0 rings (SSSR count). The first-order chi connectivity index (χ1) is 8.79. The monoisotopic (exact) mass is 301 g/mol. The molecule has 116 valence electrons. The van der Waals surface area contributed by atoms with Crippen LogP contribution in [0.2, 0.25) is 0 Å². The Kier molecular flexibility index (Phi) is 8.97. The molecule has 0 unspecified atom stereocenters. The molecular weight excluding hydrogens is 277 g/mol. The summed E-state index contributed by atoms with van der Waals surface area (Å²) in [5, 5.41) is 19.2. The summed E-state index contributed by atoms with van der Waals surface area (Å²) >= 11 is 0. The zero-order chi connectivity index (χ0) is 14.9. The quantitative estimate of drug-likeness (QED) is 0.365. The van der Waals surface area contributed by atoms with Crippen molar-refractivity contribution in [1.29, 1.82) is 0 Å². The third-order valence-electron chi connectivity index (χ3n) is 2.75. The third-order valence-corrected chi connectivity index (χ3v) is 3.82. The zero-order valence-corrected chi connectivity index (χ0v) is 12.3. The number of aliphatic hydroxyl groups is 2. The normalized spacial score (nSPS) is 13.2. The zero-order valence-electron chi connectivity index (χ0n) is 11.4. The average molecular weight is 301 g/mol. The van der Waals surface area contributed by atoms with E-state index < -0.39 is 20.0 Å². The summed E-state index contributed by atoms with van der Waals surface area (Å²) in [7, 11) is -1.57. The van der Waals surface area contributed by atoms with Crippen LogP contribution in [0.1, 0.15) is 12.8 Å². The average Bonchev–Trinajstić information content (AvgIpc) is 2.32. The van der Waals surface area contributed by atoms with Gasteiger partial charge >= 0.3 is 7.75 Å². The molecule has 9 heteroatoms. The fraction of sp³-hybridized carbons (Fsp3) is 1.00. The summed E-state index contributed by atoms with van der Waals surface area (Å²) in [6, 6.07) is 0. The van der Waals surface area contributed by atoms with E-state index in [9.17, 15) is 19.5 Å². The van der Waals surface area contributed by atoms with Gasteiger partial charge in [-0.2, -0.15) is 0 Å². The molecule has 0 spiro atoms. The van der Waals surface area contributed by atoms with Crippen molar-refractivity contribution in [3.8, 4) is 0 Å². The van der Waals surface area contributed by atoms with E-state index in [4.69, 9.17) is 14.6 Å². The molecule has 0 aliphatic rings. The molecular formula is C10H24NO7P. The van der Waals surface area contributed by atoms with Crippen LogP contribution in [0.25, 0.3) is 0 Å². The van der Waals surface area contributed by atoms with Gasteiger partial charge in [0.2, 0.25) is 0 Å². The molecule has 0 fully saturated rings. The van der Waals surface area contributed by atoms with Crippen LogP contribution in [0.4, 0.5) is 0 Å². The van der Waals surface area contributed by atoms with E-state index in [0.717, 1.165) is 4.67 Å². The van der Waals surface area contributed by atoms with Crippen molar-refractivity contribution in [3.63, 3.8) is 0 Å². The molecule has 0 saturated carbocycles. The van der Waals surface area contributed by atoms with Crippen LogP contribution in [0.5, 0.6) is 0 Å². The van der Waals surface area contributed by atoms with Crippen LogP contribution in [0, 0.1) is 0 Å². The number of aliphatic hydroxyl groups excluding tert-OH is 1. The standard InChI is InChI=1S/C10H24NO7P/c1-17-7-3-10(13,4-8-18-2)9-11(5-6-12)19(14,15)16/h12-13H,3-9H2,1-2H3,(H2,14,15,16). The molecule has 0 amide bonds. The van der Waals surface area contributed by atoms with Crippen LogP contribution in [-0.2, 0) is 14.0 Å². The van der Waals surface area contributed by atoms with Gasteiger partial charge in [0.25, 0.3) is 0 Å². The highest BCUT2D eigenvalue weighted by molar-refractivity contribution is 7.49. The summed E-state index contributed by atoms with van der Waals surface area (Å²) in [5.41, 5.74) is -1.34. The van der Waals surface area contributed by atoms with Crippen LogP contribution in [-0.4, -0.2) is 77.4 Å². The van der Waals surface area contributed by atoms with Gasteiger partial charge in [0.15, 0.2) is 0 Å². The maximum Gasteiger partial charge on any atom is 0.403 e. The summed E-state index contributed by atoms with van der Waals surface area (Å²) in [4.78, 5) is 18.4. The Hall–Kier alpha value is -0.0500. The maximum absolute atomic E-state index is 11.3. The highest BCUT2D eigenvalue weighted by Crippen LogP contribution is 2.41. The highest BCUT2D eigenvalue weighted by Gasteiger charge is 2.35. The second-order valence-electron chi connectivity index (χ2n) is 4.33. The largest absolute Gasteiger partial charge is 0.403 e. The number of rotatable bonds is 11. The second-order valence-corrected chi connectivity index (χ2v) is 5.93. The molecule has 0 aromatic heterocycles. The lowest BCUT2D eigenvalue weighted by atomic mass is 9.96. The van der Waals surface area contributed by atoms with Crippen LogP contribution in [0.3, 0.4) is 0 Å². The van der Waals surface area contributed by atoms with Gasteiger partial charge in [-0.15, -0.1) is 0 Å². The first-order valence-corrected chi connectivity index (χ1v) is 7.47. The predicted molar refractivity (Wildman–Crippen MR) is 68.6 cm³/mol. The number of methoxy groups -OCH3 is 2. The molecule has 0 aromatic carbocycles. The van der Waals surface area contributed by atoms with Crippen LogP contribution < -0.4 is 0 Å². The minimum absolute atomic E-state index is 0.216. The molecule has 0 aliphatic carbocycles. The van der Waals surface area contributed by atoms with E-state index in [1.807, 2.05) is 0 Å². The SMILES string of the molecule is COCCC(O)(CCOC)CN(CCO)P(=O)(O)O. The number of hydrogen-bond acceptors (Lipinski definition) is 5. The van der Waals surface area contributed by atoms with Gasteiger partial charge < -0.3 is 29.5 Å². The summed E-state index contributed by atoms with van der Waals surface area (Å²) in [6.07, 6.45) is 0.434. The number of nitrogens with zero attached hydrogens (tertiary/aromatic N) is 1. The minimum Gasteiger partial charge on any atom is -0.395 e. The lowest BCUT2D eigenvalue weighted by molar-refractivity contribution is -0.0322. The molecule has 0 heterocycles. The van der Waals surface area contributed by atoms with Gasteiger partial charge in [0, 0.05) is 53.4 Å². The van der Waals surface area contributed by atoms with Crippen molar-refractivity contribution in [2.45, 2.75) is 18.4 Å². The molecule has 0 aromatic rings. The number of hydrogen-bond donors (Lipinski definition) is 4. The molecule has 8 nitrogen and oxygen atoms in total. The summed E-state index contributed by atoms with van der Waals surface area (Å²) < 4.78 is 21.8. The molecule has 0 radical (unpaired) electrons. The van der Waals surface area contributed by atoms with Gasteiger partial charge in [-0.3, -0.25) is 0 Å². The molecule has 0 atom stereocenters. The molecule has 0 aliphatic heterocycles. The van der Waals surface area contributed by atoms with Gasteiger partial charge in [-0.25, -0.2) is 9.24 Å². The molecule has 19 heavy (non-hydrogen) atoms. The van der Waals surface area contributed by atoms with E-state index in [0.29, 0.717) is 0 Å². The second kappa shape index (κ2) is 8.99. The van der Waals surface area contributed by atoms with E-state index in [1.165, 1.54) is 14.2 Å². The van der Waals surface area contributed by atoms with Crippen molar-refractivity contribution < 1.29 is 34.0 Å². The Balaban J connectivity index is 4.77. The molecule has 4 N–H and O–H groups in total. The van der Waals surface area contributed by atoms with Crippen molar-refractivity contribution in [2.24, 2.45) is 0 Å². The molecule has 0 saturated heterocycles. The van der Waals surface area contributed by atoms with Crippen LogP contribution >= 0.6 is 7.75 Å². The van der Waals surface area contributed by atoms with Crippen molar-refractivity contribution >= 4 is 7.75 Å². The van der Waals surface area contributed by atoms with Crippen molar-refractivity contribution in [1.82, 2.24) is 4.67 Å². The lowest BCUT2D eigenvalue weighted by Crippen LogP contribution is -2.44. The fourth-order valence-electron chi connectivity index (χ4n) is 1.62. The van der Waals surface area contributed by atoms with Gasteiger partial charge in [0.05, 0.1) is 12.2 Å². The van der Waals surface area contributed by atoms with Crippen molar-refractivity contribution in [2.75, 3.05) is 47.1 Å². The Morgan fingerprint density at radius 2 is 1.63 bits per heavy atom. The maximum atomic E-state index is 11.3. The predicted octanol–water partition coefficient (Wildman–Crippen LogP) is -0.822. The van der Waals surface area contributed by atoms with Gasteiger partial charge in [0.1, 0.15) is 0 Å².